The zero-order valence-electron chi connectivity index (χ0n) is 10.6. The van der Waals surface area contributed by atoms with Crippen molar-refractivity contribution in [1.82, 2.24) is 10.3 Å². The van der Waals surface area contributed by atoms with Gasteiger partial charge in [0.05, 0.1) is 5.69 Å². The molecule has 0 fully saturated rings. The van der Waals surface area contributed by atoms with Crippen molar-refractivity contribution in [2.45, 2.75) is 25.9 Å². The number of aromatic amines is 1. The van der Waals surface area contributed by atoms with E-state index in [1.807, 2.05) is 0 Å². The highest BCUT2D eigenvalue weighted by molar-refractivity contribution is 5.99. The van der Waals surface area contributed by atoms with Crippen LogP contribution in [0.2, 0.25) is 0 Å². The summed E-state index contributed by atoms with van der Waals surface area (Å²) in [6.45, 7) is 1.45. The minimum absolute atomic E-state index is 0.0586. The zero-order valence-corrected chi connectivity index (χ0v) is 10.6. The number of carboxylic acids is 1. The average molecular weight is 293 g/mol. The highest BCUT2D eigenvalue weighted by Gasteiger charge is 2.26. The number of alkyl halides is 3. The van der Waals surface area contributed by atoms with Gasteiger partial charge < -0.3 is 20.7 Å². The van der Waals surface area contributed by atoms with Crippen LogP contribution in [0.5, 0.6) is 0 Å². The monoisotopic (exact) mass is 293 g/mol. The zero-order chi connectivity index (χ0) is 15.3. The van der Waals surface area contributed by atoms with Gasteiger partial charge in [0, 0.05) is 18.7 Å². The number of anilines is 1. The molecule has 1 aromatic heterocycles. The van der Waals surface area contributed by atoms with Crippen molar-refractivity contribution in [1.29, 1.82) is 0 Å². The number of H-pyrrole nitrogens is 1. The molecule has 0 saturated heterocycles. The summed E-state index contributed by atoms with van der Waals surface area (Å²) in [5, 5.41) is 13.4. The van der Waals surface area contributed by atoms with Crippen LogP contribution < -0.4 is 10.6 Å². The number of amides is 2. The lowest BCUT2D eigenvalue weighted by Gasteiger charge is -2.08. The van der Waals surface area contributed by atoms with Gasteiger partial charge in [0.15, 0.2) is 0 Å². The van der Waals surface area contributed by atoms with E-state index in [-0.39, 0.29) is 24.3 Å². The quantitative estimate of drug-likeness (QED) is 0.628. The molecule has 1 aromatic rings. The Labute approximate surface area is 112 Å². The van der Waals surface area contributed by atoms with Crippen LogP contribution in [-0.4, -0.2) is 34.8 Å². The molecule has 0 aliphatic rings. The number of rotatable bonds is 5. The minimum Gasteiger partial charge on any atom is -0.477 e. The van der Waals surface area contributed by atoms with E-state index < -0.39 is 24.6 Å². The first-order valence-electron chi connectivity index (χ1n) is 5.73. The van der Waals surface area contributed by atoms with Crippen LogP contribution in [0.15, 0.2) is 6.07 Å². The average Bonchev–Trinajstić information content (AvgIpc) is 2.64. The van der Waals surface area contributed by atoms with E-state index in [9.17, 15) is 22.8 Å². The Morgan fingerprint density at radius 3 is 2.60 bits per heavy atom. The smallest absolute Gasteiger partial charge is 0.389 e. The fourth-order valence-corrected chi connectivity index (χ4v) is 1.51. The van der Waals surface area contributed by atoms with Crippen molar-refractivity contribution in [3.05, 3.63) is 17.5 Å². The molecule has 4 N–H and O–H groups in total. The molecule has 0 aliphatic carbocycles. The van der Waals surface area contributed by atoms with Gasteiger partial charge >= 0.3 is 18.2 Å². The van der Waals surface area contributed by atoms with Crippen LogP contribution >= 0.6 is 0 Å². The molecule has 0 saturated carbocycles. The van der Waals surface area contributed by atoms with Gasteiger partial charge in [-0.3, -0.25) is 0 Å². The summed E-state index contributed by atoms with van der Waals surface area (Å²) in [5.41, 5.74) is 0.408. The van der Waals surface area contributed by atoms with Gasteiger partial charge in [-0.15, -0.1) is 0 Å². The molecule has 0 spiro atoms. The van der Waals surface area contributed by atoms with Gasteiger partial charge in [0.25, 0.3) is 0 Å². The molecular formula is C11H14F3N3O3. The third-order valence-electron chi connectivity index (χ3n) is 2.34. The Morgan fingerprint density at radius 1 is 1.40 bits per heavy atom. The lowest BCUT2D eigenvalue weighted by Crippen LogP contribution is -2.30. The topological polar surface area (TPSA) is 94.2 Å². The number of urea groups is 1. The number of carboxylic acid groups (broad SMARTS) is 1. The molecule has 9 heteroatoms. The van der Waals surface area contributed by atoms with Crippen molar-refractivity contribution in [2.24, 2.45) is 0 Å². The molecule has 112 valence electrons. The van der Waals surface area contributed by atoms with Gasteiger partial charge in [-0.05, 0) is 19.4 Å². The molecular weight excluding hydrogens is 279 g/mol. The van der Waals surface area contributed by atoms with Crippen molar-refractivity contribution in [3.63, 3.8) is 0 Å². The Morgan fingerprint density at radius 2 is 2.05 bits per heavy atom. The number of nitrogens with one attached hydrogen (secondary N) is 3. The summed E-state index contributed by atoms with van der Waals surface area (Å²) in [5.74, 6) is -1.24. The van der Waals surface area contributed by atoms with E-state index in [1.54, 1.807) is 6.92 Å². The molecule has 0 radical (unpaired) electrons. The molecule has 0 unspecified atom stereocenters. The number of hydrogen-bond acceptors (Lipinski definition) is 2. The highest BCUT2D eigenvalue weighted by Crippen LogP contribution is 2.20. The summed E-state index contributed by atoms with van der Waals surface area (Å²) in [6.07, 6.45) is -5.49. The van der Waals surface area contributed by atoms with Gasteiger partial charge in [0.2, 0.25) is 0 Å². The summed E-state index contributed by atoms with van der Waals surface area (Å²) in [4.78, 5) is 24.8. The van der Waals surface area contributed by atoms with Gasteiger partial charge in [-0.25, -0.2) is 9.59 Å². The Kier molecular flexibility index (Phi) is 5.00. The molecule has 0 atom stereocenters. The number of carbonyl (C=O) groups is 2. The van der Waals surface area contributed by atoms with E-state index in [2.05, 4.69) is 15.6 Å². The summed E-state index contributed by atoms with van der Waals surface area (Å²) >= 11 is 0. The van der Waals surface area contributed by atoms with Crippen molar-refractivity contribution in [3.8, 4) is 0 Å². The Bertz CT molecular complexity index is 497. The lowest BCUT2D eigenvalue weighted by atomic mass is 10.3. The Balaban J connectivity index is 2.45. The summed E-state index contributed by atoms with van der Waals surface area (Å²) in [6, 6.07) is 0.660. The van der Waals surface area contributed by atoms with Crippen LogP contribution in [0.4, 0.5) is 23.7 Å². The predicted octanol–water partition coefficient (Wildman–Crippen LogP) is 2.49. The Hall–Kier alpha value is -2.19. The molecule has 1 rings (SSSR count). The standard InChI is InChI=1S/C11H14F3N3O3/c1-6-5-7(8(16-6)9(18)19)17-10(20)15-4-2-3-11(12,13)14/h5,16H,2-4H2,1H3,(H,18,19)(H2,15,17,20). The van der Waals surface area contributed by atoms with E-state index in [1.165, 1.54) is 6.07 Å². The van der Waals surface area contributed by atoms with Gasteiger partial charge in [-0.1, -0.05) is 0 Å². The number of aryl methyl sites for hydroxylation is 1. The van der Waals surface area contributed by atoms with Crippen LogP contribution in [-0.2, 0) is 0 Å². The van der Waals surface area contributed by atoms with E-state index in [0.29, 0.717) is 5.69 Å². The molecule has 1 heterocycles. The number of hydrogen-bond donors (Lipinski definition) is 4. The van der Waals surface area contributed by atoms with Crippen molar-refractivity contribution >= 4 is 17.7 Å². The van der Waals surface area contributed by atoms with Crippen molar-refractivity contribution in [2.75, 3.05) is 11.9 Å². The SMILES string of the molecule is Cc1cc(NC(=O)NCCCC(F)(F)F)c(C(=O)O)[nH]1. The first kappa shape index (κ1) is 15.9. The fraction of sp³-hybridized carbons (Fsp3) is 0.455. The highest BCUT2D eigenvalue weighted by atomic mass is 19.4. The second kappa shape index (κ2) is 6.31. The molecule has 6 nitrogen and oxygen atoms in total. The fourth-order valence-electron chi connectivity index (χ4n) is 1.51. The van der Waals surface area contributed by atoms with E-state index in [4.69, 9.17) is 5.11 Å². The van der Waals surface area contributed by atoms with Gasteiger partial charge in [0.1, 0.15) is 5.69 Å². The number of aromatic carboxylic acids is 1. The van der Waals surface area contributed by atoms with Crippen LogP contribution in [0.1, 0.15) is 29.0 Å². The molecule has 2 amide bonds. The van der Waals surface area contributed by atoms with Crippen LogP contribution in [0, 0.1) is 6.92 Å². The second-order valence-corrected chi connectivity index (χ2v) is 4.15. The second-order valence-electron chi connectivity index (χ2n) is 4.15. The molecule has 0 aliphatic heterocycles. The lowest BCUT2D eigenvalue weighted by molar-refractivity contribution is -0.135. The van der Waals surface area contributed by atoms with Crippen LogP contribution in [0.25, 0.3) is 0 Å². The van der Waals surface area contributed by atoms with Crippen molar-refractivity contribution < 1.29 is 27.9 Å². The molecule has 0 bridgehead atoms. The number of carbonyl (C=O) groups excluding carboxylic acids is 1. The number of halogens is 3. The maximum atomic E-state index is 11.9. The summed E-state index contributed by atoms with van der Waals surface area (Å²) < 4.78 is 35.6. The third kappa shape index (κ3) is 5.21. The molecule has 20 heavy (non-hydrogen) atoms. The van der Waals surface area contributed by atoms with E-state index >= 15 is 0 Å². The first-order chi connectivity index (χ1) is 9.19. The van der Waals surface area contributed by atoms with Crippen LogP contribution in [0.3, 0.4) is 0 Å². The molecule has 0 aromatic carbocycles. The maximum Gasteiger partial charge on any atom is 0.389 e. The first-order valence-corrected chi connectivity index (χ1v) is 5.73. The predicted molar refractivity (Wildman–Crippen MR) is 64.8 cm³/mol. The maximum absolute atomic E-state index is 11.9. The third-order valence-corrected chi connectivity index (χ3v) is 2.34. The van der Waals surface area contributed by atoms with E-state index in [0.717, 1.165) is 0 Å². The minimum atomic E-state index is -4.26. The number of aromatic nitrogens is 1. The summed E-state index contributed by atoms with van der Waals surface area (Å²) in [7, 11) is 0. The largest absolute Gasteiger partial charge is 0.477 e. The normalized spacial score (nSPS) is 11.2. The van der Waals surface area contributed by atoms with Gasteiger partial charge in [-0.2, -0.15) is 13.2 Å².